The zero-order chi connectivity index (χ0) is 15.4. The number of nitrogens with two attached hydrogens (primary N) is 1. The van der Waals surface area contributed by atoms with E-state index in [1.165, 1.54) is 11.3 Å². The molecular formula is C15H19N3O2S. The molecule has 0 saturated carbocycles. The normalized spacial score (nSPS) is 12.1. The lowest BCUT2D eigenvalue weighted by Crippen LogP contribution is -2.33. The molecule has 1 atom stereocenters. The second-order valence-electron chi connectivity index (χ2n) is 4.69. The van der Waals surface area contributed by atoms with Crippen LogP contribution in [0.25, 0.3) is 0 Å². The first-order chi connectivity index (χ1) is 10.1. The molecule has 0 radical (unpaired) electrons. The van der Waals surface area contributed by atoms with Crippen molar-refractivity contribution in [3.8, 4) is 5.75 Å². The number of amides is 1. The standard InChI is InChI=1S/C15H19N3O2S/c1-3-18(10(2)11-5-4-6-12(19)7-11)15(20)13-9-21-14(8-16)17-13/h4-7,9-10,19H,3,8,16H2,1-2H3. The number of carbonyl (C=O) groups excluding carboxylic acids is 1. The molecule has 0 spiro atoms. The summed E-state index contributed by atoms with van der Waals surface area (Å²) in [7, 11) is 0. The first-order valence-electron chi connectivity index (χ1n) is 6.81. The van der Waals surface area contributed by atoms with E-state index in [0.29, 0.717) is 18.8 Å². The van der Waals surface area contributed by atoms with Crippen molar-refractivity contribution in [3.05, 3.63) is 45.9 Å². The van der Waals surface area contributed by atoms with E-state index in [1.807, 2.05) is 19.9 Å². The number of aromatic hydroxyl groups is 1. The lowest BCUT2D eigenvalue weighted by Gasteiger charge is -2.27. The number of thiazole rings is 1. The molecule has 21 heavy (non-hydrogen) atoms. The summed E-state index contributed by atoms with van der Waals surface area (Å²) in [5, 5.41) is 12.1. The Labute approximate surface area is 128 Å². The summed E-state index contributed by atoms with van der Waals surface area (Å²) in [6.07, 6.45) is 0. The molecule has 1 heterocycles. The van der Waals surface area contributed by atoms with Crippen molar-refractivity contribution >= 4 is 17.2 Å². The molecule has 0 aliphatic rings. The third kappa shape index (κ3) is 3.40. The summed E-state index contributed by atoms with van der Waals surface area (Å²) in [5.74, 6) is 0.0752. The molecule has 0 fully saturated rings. The van der Waals surface area contributed by atoms with Gasteiger partial charge in [0.25, 0.3) is 5.91 Å². The molecule has 3 N–H and O–H groups in total. The zero-order valence-corrected chi connectivity index (χ0v) is 12.9. The van der Waals surface area contributed by atoms with Gasteiger partial charge < -0.3 is 15.7 Å². The van der Waals surface area contributed by atoms with Crippen LogP contribution in [-0.4, -0.2) is 27.4 Å². The van der Waals surface area contributed by atoms with Crippen molar-refractivity contribution in [3.63, 3.8) is 0 Å². The maximum atomic E-state index is 12.6. The Morgan fingerprint density at radius 1 is 1.52 bits per heavy atom. The monoisotopic (exact) mass is 305 g/mol. The van der Waals surface area contributed by atoms with Gasteiger partial charge in [0.15, 0.2) is 0 Å². The van der Waals surface area contributed by atoms with Gasteiger partial charge in [-0.25, -0.2) is 4.98 Å². The molecule has 1 amide bonds. The quantitative estimate of drug-likeness (QED) is 0.889. The number of rotatable bonds is 5. The van der Waals surface area contributed by atoms with Crippen LogP contribution in [0.1, 0.15) is 40.9 Å². The summed E-state index contributed by atoms with van der Waals surface area (Å²) in [6.45, 7) is 4.76. The fourth-order valence-electron chi connectivity index (χ4n) is 2.21. The van der Waals surface area contributed by atoms with Crippen LogP contribution >= 0.6 is 11.3 Å². The molecule has 1 aromatic heterocycles. The minimum Gasteiger partial charge on any atom is -0.508 e. The van der Waals surface area contributed by atoms with Gasteiger partial charge in [-0.05, 0) is 31.5 Å². The van der Waals surface area contributed by atoms with Crippen LogP contribution in [0.2, 0.25) is 0 Å². The fraction of sp³-hybridized carbons (Fsp3) is 0.333. The summed E-state index contributed by atoms with van der Waals surface area (Å²) in [4.78, 5) is 18.5. The lowest BCUT2D eigenvalue weighted by atomic mass is 10.1. The van der Waals surface area contributed by atoms with Gasteiger partial charge in [-0.2, -0.15) is 0 Å². The van der Waals surface area contributed by atoms with Gasteiger partial charge in [0.1, 0.15) is 16.5 Å². The number of aromatic nitrogens is 1. The van der Waals surface area contributed by atoms with Crippen molar-refractivity contribution in [2.45, 2.75) is 26.4 Å². The van der Waals surface area contributed by atoms with Gasteiger partial charge in [0, 0.05) is 18.5 Å². The third-order valence-corrected chi connectivity index (χ3v) is 4.24. The SMILES string of the molecule is CCN(C(=O)c1csc(CN)n1)C(C)c1cccc(O)c1. The van der Waals surface area contributed by atoms with Gasteiger partial charge in [0.2, 0.25) is 0 Å². The molecule has 0 saturated heterocycles. The van der Waals surface area contributed by atoms with Crippen molar-refractivity contribution in [1.82, 2.24) is 9.88 Å². The minimum atomic E-state index is -0.141. The third-order valence-electron chi connectivity index (χ3n) is 3.37. The molecule has 0 aliphatic heterocycles. The second kappa shape index (κ2) is 6.69. The van der Waals surface area contributed by atoms with E-state index >= 15 is 0 Å². The number of carbonyl (C=O) groups is 1. The van der Waals surface area contributed by atoms with Crippen molar-refractivity contribution in [2.24, 2.45) is 5.73 Å². The van der Waals surface area contributed by atoms with Gasteiger partial charge in [0.05, 0.1) is 6.04 Å². The lowest BCUT2D eigenvalue weighted by molar-refractivity contribution is 0.0696. The van der Waals surface area contributed by atoms with E-state index in [2.05, 4.69) is 4.98 Å². The Morgan fingerprint density at radius 2 is 2.29 bits per heavy atom. The van der Waals surface area contributed by atoms with Gasteiger partial charge in [-0.3, -0.25) is 4.79 Å². The van der Waals surface area contributed by atoms with Crippen LogP contribution in [0.3, 0.4) is 0 Å². The van der Waals surface area contributed by atoms with E-state index in [1.54, 1.807) is 28.5 Å². The van der Waals surface area contributed by atoms with Gasteiger partial charge >= 0.3 is 0 Å². The average molecular weight is 305 g/mol. The second-order valence-corrected chi connectivity index (χ2v) is 5.64. The summed E-state index contributed by atoms with van der Waals surface area (Å²) >= 11 is 1.39. The predicted molar refractivity (Wildman–Crippen MR) is 83.2 cm³/mol. The molecule has 2 aromatic rings. The molecule has 112 valence electrons. The smallest absolute Gasteiger partial charge is 0.273 e. The molecule has 1 aromatic carbocycles. The highest BCUT2D eigenvalue weighted by atomic mass is 32.1. The number of nitrogens with zero attached hydrogens (tertiary/aromatic N) is 2. The summed E-state index contributed by atoms with van der Waals surface area (Å²) < 4.78 is 0. The molecule has 6 heteroatoms. The minimum absolute atomic E-state index is 0.121. The Bertz CT molecular complexity index is 627. The Balaban J connectivity index is 2.24. The largest absolute Gasteiger partial charge is 0.508 e. The van der Waals surface area contributed by atoms with Crippen LogP contribution in [0.15, 0.2) is 29.6 Å². The van der Waals surface area contributed by atoms with E-state index in [0.717, 1.165) is 10.6 Å². The highest BCUT2D eigenvalue weighted by Gasteiger charge is 2.23. The first-order valence-corrected chi connectivity index (χ1v) is 7.69. The maximum absolute atomic E-state index is 12.6. The number of benzene rings is 1. The zero-order valence-electron chi connectivity index (χ0n) is 12.1. The summed E-state index contributed by atoms with van der Waals surface area (Å²) in [6, 6.07) is 6.81. The number of hydrogen-bond acceptors (Lipinski definition) is 5. The van der Waals surface area contributed by atoms with Crippen LogP contribution in [0, 0.1) is 0 Å². The maximum Gasteiger partial charge on any atom is 0.273 e. The molecule has 2 rings (SSSR count). The summed E-state index contributed by atoms with van der Waals surface area (Å²) in [5.41, 5.74) is 6.85. The van der Waals surface area contributed by atoms with E-state index in [-0.39, 0.29) is 17.7 Å². The average Bonchev–Trinajstić information content (AvgIpc) is 2.96. The predicted octanol–water partition coefficient (Wildman–Crippen LogP) is 2.53. The topological polar surface area (TPSA) is 79.5 Å². The highest BCUT2D eigenvalue weighted by molar-refractivity contribution is 7.09. The van der Waals surface area contributed by atoms with Crippen molar-refractivity contribution < 1.29 is 9.90 Å². The van der Waals surface area contributed by atoms with Crippen LogP contribution in [-0.2, 0) is 6.54 Å². The van der Waals surface area contributed by atoms with Crippen LogP contribution < -0.4 is 5.73 Å². The van der Waals surface area contributed by atoms with Gasteiger partial charge in [-0.15, -0.1) is 11.3 Å². The fourth-order valence-corrected chi connectivity index (χ4v) is 2.86. The van der Waals surface area contributed by atoms with Crippen molar-refractivity contribution in [2.75, 3.05) is 6.54 Å². The number of phenolic OH excluding ortho intramolecular Hbond substituents is 1. The molecule has 0 bridgehead atoms. The van der Waals surface area contributed by atoms with E-state index in [9.17, 15) is 9.90 Å². The van der Waals surface area contributed by atoms with Crippen LogP contribution in [0.4, 0.5) is 0 Å². The molecular weight excluding hydrogens is 286 g/mol. The van der Waals surface area contributed by atoms with Gasteiger partial charge in [-0.1, -0.05) is 12.1 Å². The molecule has 5 nitrogen and oxygen atoms in total. The van der Waals surface area contributed by atoms with Crippen molar-refractivity contribution in [1.29, 1.82) is 0 Å². The van der Waals surface area contributed by atoms with E-state index < -0.39 is 0 Å². The van der Waals surface area contributed by atoms with E-state index in [4.69, 9.17) is 5.73 Å². The number of phenols is 1. The molecule has 0 aliphatic carbocycles. The first kappa shape index (κ1) is 15.5. The highest BCUT2D eigenvalue weighted by Crippen LogP contribution is 2.25. The Kier molecular flexibility index (Phi) is 4.93. The number of hydrogen-bond donors (Lipinski definition) is 2. The Hall–Kier alpha value is -1.92. The molecule has 1 unspecified atom stereocenters. The Morgan fingerprint density at radius 3 is 2.86 bits per heavy atom. The van der Waals surface area contributed by atoms with Crippen LogP contribution in [0.5, 0.6) is 5.75 Å².